The van der Waals surface area contributed by atoms with Crippen molar-refractivity contribution in [3.05, 3.63) is 65.0 Å². The van der Waals surface area contributed by atoms with Gasteiger partial charge < -0.3 is 5.32 Å². The Morgan fingerprint density at radius 1 is 1.19 bits per heavy atom. The van der Waals surface area contributed by atoms with Crippen molar-refractivity contribution in [3.8, 4) is 0 Å². The number of carbonyl (C=O) groups is 1. The van der Waals surface area contributed by atoms with E-state index in [1.807, 2.05) is 18.2 Å². The van der Waals surface area contributed by atoms with Crippen LogP contribution in [0.25, 0.3) is 11.6 Å². The molecule has 1 aliphatic rings. The quantitative estimate of drug-likeness (QED) is 0.671. The van der Waals surface area contributed by atoms with Crippen molar-refractivity contribution in [2.45, 2.75) is 6.42 Å². The van der Waals surface area contributed by atoms with Gasteiger partial charge in [0, 0.05) is 28.3 Å². The third-order valence-electron chi connectivity index (χ3n) is 3.46. The number of fused-ring (bicyclic) bond motifs is 1. The van der Waals surface area contributed by atoms with E-state index in [2.05, 4.69) is 5.32 Å². The number of aryl methyl sites for hydroxylation is 1. The minimum atomic E-state index is -0.344. The second kappa shape index (κ2) is 5.70. The van der Waals surface area contributed by atoms with Crippen LogP contribution in [-0.4, -0.2) is 11.8 Å². The van der Waals surface area contributed by atoms with Crippen LogP contribution in [0.2, 0.25) is 0 Å². The van der Waals surface area contributed by atoms with Crippen LogP contribution in [0.3, 0.4) is 0 Å². The summed E-state index contributed by atoms with van der Waals surface area (Å²) in [5.74, 6) is -0.0357. The summed E-state index contributed by atoms with van der Waals surface area (Å²) in [6.07, 6.45) is 2.32. The van der Waals surface area contributed by atoms with Crippen LogP contribution < -0.4 is 5.32 Å². The highest BCUT2D eigenvalue weighted by Crippen LogP contribution is 2.34. The molecular formula is C17H13ClFNO. The maximum absolute atomic E-state index is 13.8. The van der Waals surface area contributed by atoms with Crippen LogP contribution in [-0.2, 0) is 11.2 Å². The SMILES string of the molecule is O=C1Nc2ccc(CCCl)cc2C1=Cc1ccccc1F. The Morgan fingerprint density at radius 2 is 2.00 bits per heavy atom. The molecule has 4 heteroatoms. The fourth-order valence-corrected chi connectivity index (χ4v) is 2.61. The topological polar surface area (TPSA) is 29.1 Å². The van der Waals surface area contributed by atoms with Gasteiger partial charge in [0.25, 0.3) is 5.91 Å². The fourth-order valence-electron chi connectivity index (χ4n) is 2.39. The minimum absolute atomic E-state index is 0.212. The molecule has 21 heavy (non-hydrogen) atoms. The number of hydrogen-bond donors (Lipinski definition) is 1. The summed E-state index contributed by atoms with van der Waals surface area (Å²) in [5.41, 5.74) is 3.48. The van der Waals surface area contributed by atoms with Crippen LogP contribution in [0, 0.1) is 5.82 Å². The first-order valence-corrected chi connectivity index (χ1v) is 7.19. The highest BCUT2D eigenvalue weighted by molar-refractivity contribution is 6.35. The Hall–Kier alpha value is -2.13. The smallest absolute Gasteiger partial charge is 0.256 e. The van der Waals surface area contributed by atoms with Crippen LogP contribution in [0.1, 0.15) is 16.7 Å². The van der Waals surface area contributed by atoms with E-state index in [1.165, 1.54) is 6.07 Å². The largest absolute Gasteiger partial charge is 0.321 e. The van der Waals surface area contributed by atoms with Crippen molar-refractivity contribution in [1.29, 1.82) is 0 Å². The lowest BCUT2D eigenvalue weighted by atomic mass is 10.0. The van der Waals surface area contributed by atoms with Crippen molar-refractivity contribution in [2.75, 3.05) is 11.2 Å². The summed E-state index contributed by atoms with van der Waals surface area (Å²) in [5, 5.41) is 2.79. The van der Waals surface area contributed by atoms with E-state index in [1.54, 1.807) is 24.3 Å². The second-order valence-corrected chi connectivity index (χ2v) is 5.23. The van der Waals surface area contributed by atoms with Crippen molar-refractivity contribution < 1.29 is 9.18 Å². The normalized spacial score (nSPS) is 15.1. The molecule has 1 aliphatic heterocycles. The molecule has 0 aromatic heterocycles. The zero-order chi connectivity index (χ0) is 14.8. The number of alkyl halides is 1. The van der Waals surface area contributed by atoms with Crippen molar-refractivity contribution in [1.82, 2.24) is 0 Å². The lowest BCUT2D eigenvalue weighted by molar-refractivity contribution is -0.110. The van der Waals surface area contributed by atoms with Gasteiger partial charge in [-0.05, 0) is 36.3 Å². The van der Waals surface area contributed by atoms with E-state index in [9.17, 15) is 9.18 Å². The van der Waals surface area contributed by atoms with Crippen LogP contribution in [0.15, 0.2) is 42.5 Å². The molecule has 0 aliphatic carbocycles. The molecule has 106 valence electrons. The van der Waals surface area contributed by atoms with Gasteiger partial charge in [0.2, 0.25) is 0 Å². The summed E-state index contributed by atoms with van der Waals surface area (Å²) in [6.45, 7) is 0. The van der Waals surface area contributed by atoms with E-state index < -0.39 is 0 Å². The summed E-state index contributed by atoms with van der Waals surface area (Å²) in [6, 6.07) is 12.1. The monoisotopic (exact) mass is 301 g/mol. The summed E-state index contributed by atoms with van der Waals surface area (Å²) in [7, 11) is 0. The minimum Gasteiger partial charge on any atom is -0.321 e. The molecule has 0 unspecified atom stereocenters. The zero-order valence-corrected chi connectivity index (χ0v) is 12.0. The first-order valence-electron chi connectivity index (χ1n) is 6.66. The molecule has 0 atom stereocenters. The molecule has 2 aromatic carbocycles. The molecule has 0 bridgehead atoms. The van der Waals surface area contributed by atoms with Gasteiger partial charge in [-0.3, -0.25) is 4.79 Å². The Morgan fingerprint density at radius 3 is 2.76 bits per heavy atom. The molecule has 0 saturated heterocycles. The number of anilines is 1. The molecular weight excluding hydrogens is 289 g/mol. The van der Waals surface area contributed by atoms with Gasteiger partial charge >= 0.3 is 0 Å². The first-order chi connectivity index (χ1) is 10.2. The predicted octanol–water partition coefficient (Wildman–Crippen LogP) is 4.10. The molecule has 2 nitrogen and oxygen atoms in total. The van der Waals surface area contributed by atoms with Gasteiger partial charge in [0.15, 0.2) is 0 Å². The van der Waals surface area contributed by atoms with Crippen molar-refractivity contribution in [3.63, 3.8) is 0 Å². The summed E-state index contributed by atoms with van der Waals surface area (Å²) < 4.78 is 13.8. The van der Waals surface area contributed by atoms with Gasteiger partial charge in [0.05, 0.1) is 0 Å². The molecule has 2 aromatic rings. The van der Waals surface area contributed by atoms with E-state index in [0.717, 1.165) is 23.2 Å². The van der Waals surface area contributed by atoms with Gasteiger partial charge in [0.1, 0.15) is 5.82 Å². The van der Waals surface area contributed by atoms with Gasteiger partial charge in [-0.1, -0.05) is 24.3 Å². The number of carbonyl (C=O) groups excluding carboxylic acids is 1. The Kier molecular flexibility index (Phi) is 3.76. The number of nitrogens with one attached hydrogen (secondary N) is 1. The average molecular weight is 302 g/mol. The third kappa shape index (κ3) is 2.69. The van der Waals surface area contributed by atoms with E-state index in [4.69, 9.17) is 11.6 Å². The molecule has 0 spiro atoms. The Bertz CT molecular complexity index is 739. The molecule has 3 rings (SSSR count). The fraction of sp³-hybridized carbons (Fsp3) is 0.118. The summed E-state index contributed by atoms with van der Waals surface area (Å²) >= 11 is 5.76. The van der Waals surface area contributed by atoms with Crippen molar-refractivity contribution in [2.24, 2.45) is 0 Å². The highest BCUT2D eigenvalue weighted by Gasteiger charge is 2.24. The lowest BCUT2D eigenvalue weighted by Gasteiger charge is -2.03. The third-order valence-corrected chi connectivity index (χ3v) is 3.64. The molecule has 0 saturated carbocycles. The van der Waals surface area contributed by atoms with Crippen molar-refractivity contribution >= 4 is 34.8 Å². The highest BCUT2D eigenvalue weighted by atomic mass is 35.5. The number of rotatable bonds is 3. The maximum Gasteiger partial charge on any atom is 0.256 e. The first kappa shape index (κ1) is 13.8. The van der Waals surface area contributed by atoms with Crippen LogP contribution in [0.5, 0.6) is 0 Å². The van der Waals surface area contributed by atoms with Gasteiger partial charge in [-0.25, -0.2) is 4.39 Å². The second-order valence-electron chi connectivity index (χ2n) is 4.85. The lowest BCUT2D eigenvalue weighted by Crippen LogP contribution is -2.03. The van der Waals surface area contributed by atoms with Gasteiger partial charge in [-0.2, -0.15) is 0 Å². The molecule has 0 fully saturated rings. The van der Waals surface area contributed by atoms with E-state index in [0.29, 0.717) is 17.0 Å². The van der Waals surface area contributed by atoms with E-state index in [-0.39, 0.29) is 11.7 Å². The zero-order valence-electron chi connectivity index (χ0n) is 11.2. The van der Waals surface area contributed by atoms with Crippen LogP contribution >= 0.6 is 11.6 Å². The number of amides is 1. The number of hydrogen-bond acceptors (Lipinski definition) is 1. The van der Waals surface area contributed by atoms with Gasteiger partial charge in [-0.15, -0.1) is 11.6 Å². The number of benzene rings is 2. The average Bonchev–Trinajstić information content (AvgIpc) is 2.78. The standard InChI is InChI=1S/C17H13ClFNO/c18-8-7-11-5-6-16-13(9-11)14(17(21)20-16)10-12-3-1-2-4-15(12)19/h1-6,9-10H,7-8H2,(H,20,21). The van der Waals surface area contributed by atoms with E-state index >= 15 is 0 Å². The Balaban J connectivity index is 2.07. The van der Waals surface area contributed by atoms with Crippen LogP contribution in [0.4, 0.5) is 10.1 Å². The molecule has 1 heterocycles. The summed E-state index contributed by atoms with van der Waals surface area (Å²) in [4.78, 5) is 12.1. The maximum atomic E-state index is 13.8. The molecule has 1 N–H and O–H groups in total. The molecule has 0 radical (unpaired) electrons. The Labute approximate surface area is 127 Å². The number of halogens is 2. The predicted molar refractivity (Wildman–Crippen MR) is 83.8 cm³/mol. The molecule has 1 amide bonds.